The van der Waals surface area contributed by atoms with Crippen molar-refractivity contribution in [3.8, 4) is 5.75 Å². The Morgan fingerprint density at radius 3 is 2.28 bits per heavy atom. The molecule has 1 aliphatic heterocycles. The maximum Gasteiger partial charge on any atom is 0.333 e. The molecule has 1 saturated heterocycles. The Hall–Kier alpha value is -3.13. The Morgan fingerprint density at radius 1 is 1.00 bits per heavy atom. The van der Waals surface area contributed by atoms with Crippen LogP contribution in [0.3, 0.4) is 0 Å². The fraction of sp³-hybridized carbons (Fsp3) is 0.238. The van der Waals surface area contributed by atoms with Gasteiger partial charge in [0, 0.05) is 6.42 Å². The van der Waals surface area contributed by atoms with Gasteiger partial charge < -0.3 is 9.47 Å². The van der Waals surface area contributed by atoms with Gasteiger partial charge in [-0.3, -0.25) is 19.7 Å². The van der Waals surface area contributed by atoms with E-state index in [1.54, 1.807) is 36.4 Å². The number of thioether (sulfide) groups is 1. The van der Waals surface area contributed by atoms with Crippen LogP contribution >= 0.6 is 11.8 Å². The lowest BCUT2D eigenvalue weighted by molar-refractivity contribution is -0.150. The second-order valence-electron chi connectivity index (χ2n) is 6.54. The number of carbonyl (C=O) groups is 4. The Bertz CT molecular complexity index is 928. The van der Waals surface area contributed by atoms with E-state index in [4.69, 9.17) is 9.47 Å². The molecule has 2 aromatic carbocycles. The molecule has 1 aliphatic rings. The summed E-state index contributed by atoms with van der Waals surface area (Å²) in [6, 6.07) is 15.7. The van der Waals surface area contributed by atoms with E-state index in [9.17, 15) is 19.2 Å². The first-order chi connectivity index (χ1) is 13.9. The minimum atomic E-state index is -1.69. The van der Waals surface area contributed by atoms with Crippen molar-refractivity contribution < 1.29 is 28.7 Å². The average Bonchev–Trinajstić information content (AvgIpc) is 3.00. The topological polar surface area (TPSA) is 98.8 Å². The third-order valence-electron chi connectivity index (χ3n) is 4.21. The molecule has 1 N–H and O–H groups in total. The van der Waals surface area contributed by atoms with E-state index in [2.05, 4.69) is 5.32 Å². The fourth-order valence-corrected chi connectivity index (χ4v) is 3.75. The number of ether oxygens (including phenoxy) is 2. The molecule has 0 aromatic heterocycles. The highest BCUT2D eigenvalue weighted by Gasteiger charge is 2.55. The predicted octanol–water partition coefficient (Wildman–Crippen LogP) is 2.66. The number of hydrogen-bond donors (Lipinski definition) is 1. The quantitative estimate of drug-likeness (QED) is 0.525. The van der Waals surface area contributed by atoms with Crippen LogP contribution in [0.25, 0.3) is 0 Å². The van der Waals surface area contributed by atoms with Crippen molar-refractivity contribution in [2.45, 2.75) is 24.7 Å². The van der Waals surface area contributed by atoms with Crippen LogP contribution < -0.4 is 10.1 Å². The summed E-state index contributed by atoms with van der Waals surface area (Å²) in [4.78, 5) is 48.1. The normalized spacial score (nSPS) is 18.2. The molecular formula is C21H19NO6S. The number of esters is 1. The number of ketones is 1. The average molecular weight is 413 g/mol. The molecule has 0 spiro atoms. The summed E-state index contributed by atoms with van der Waals surface area (Å²) >= 11 is 0.628. The van der Waals surface area contributed by atoms with E-state index in [0.717, 1.165) is 5.56 Å². The molecule has 0 bridgehead atoms. The van der Waals surface area contributed by atoms with Crippen molar-refractivity contribution in [3.63, 3.8) is 0 Å². The zero-order valence-corrected chi connectivity index (χ0v) is 16.5. The van der Waals surface area contributed by atoms with Crippen molar-refractivity contribution in [3.05, 3.63) is 65.7 Å². The Labute approximate surface area is 171 Å². The van der Waals surface area contributed by atoms with Crippen LogP contribution in [0, 0.1) is 0 Å². The largest absolute Gasteiger partial charge is 0.486 e. The number of imide groups is 1. The predicted molar refractivity (Wildman–Crippen MR) is 106 cm³/mol. The van der Waals surface area contributed by atoms with Crippen molar-refractivity contribution in [2.75, 3.05) is 6.61 Å². The molecule has 0 radical (unpaired) electrons. The van der Waals surface area contributed by atoms with Gasteiger partial charge in [-0.2, -0.15) is 0 Å². The molecule has 1 unspecified atom stereocenters. The number of benzene rings is 2. The summed E-state index contributed by atoms with van der Waals surface area (Å²) in [5.41, 5.74) is 1.42. The Kier molecular flexibility index (Phi) is 6.33. The Morgan fingerprint density at radius 2 is 1.69 bits per heavy atom. The van der Waals surface area contributed by atoms with E-state index >= 15 is 0 Å². The minimum Gasteiger partial charge on any atom is -0.486 e. The summed E-state index contributed by atoms with van der Waals surface area (Å²) in [6.45, 7) is 1.38. The first-order valence-electron chi connectivity index (χ1n) is 8.86. The minimum absolute atomic E-state index is 0.00127. The van der Waals surface area contributed by atoms with E-state index < -0.39 is 21.9 Å². The molecule has 8 heteroatoms. The molecule has 0 aliphatic carbocycles. The molecular weight excluding hydrogens is 394 g/mol. The molecule has 2 amide bonds. The van der Waals surface area contributed by atoms with Crippen LogP contribution in [0.5, 0.6) is 5.75 Å². The number of Topliss-reactive ketones (excluding diaryl/α,β-unsaturated/α-hetero) is 1. The second-order valence-corrected chi connectivity index (χ2v) is 7.82. The van der Waals surface area contributed by atoms with Crippen molar-refractivity contribution in [2.24, 2.45) is 0 Å². The van der Waals surface area contributed by atoms with Gasteiger partial charge in [-0.05, 0) is 41.9 Å². The standard InChI is InChI=1S/C21H19NO6S/c1-14(23)12-27-17-9-7-15(8-10-17)11-21(18(24)22-20(26)29-21)19(25)28-13-16-5-3-2-4-6-16/h2-10H,11-13H2,1H3,(H,22,24,26). The van der Waals surface area contributed by atoms with Crippen molar-refractivity contribution in [1.29, 1.82) is 0 Å². The second kappa shape index (κ2) is 8.91. The lowest BCUT2D eigenvalue weighted by atomic mass is 9.97. The molecule has 1 heterocycles. The van der Waals surface area contributed by atoms with Crippen LogP contribution in [0.4, 0.5) is 4.79 Å². The van der Waals surface area contributed by atoms with E-state index in [-0.39, 0.29) is 25.4 Å². The van der Waals surface area contributed by atoms with Crippen molar-refractivity contribution >= 4 is 34.7 Å². The third-order valence-corrected chi connectivity index (χ3v) is 5.34. The van der Waals surface area contributed by atoms with Gasteiger partial charge in [-0.15, -0.1) is 0 Å². The third kappa shape index (κ3) is 5.03. The highest BCUT2D eigenvalue weighted by atomic mass is 32.2. The van der Waals surface area contributed by atoms with Gasteiger partial charge >= 0.3 is 5.97 Å². The zero-order valence-electron chi connectivity index (χ0n) is 15.7. The maximum atomic E-state index is 12.8. The molecule has 0 saturated carbocycles. The van der Waals surface area contributed by atoms with Crippen LogP contribution in [0.15, 0.2) is 54.6 Å². The van der Waals surface area contributed by atoms with Crippen LogP contribution in [0.1, 0.15) is 18.1 Å². The van der Waals surface area contributed by atoms with Gasteiger partial charge in [0.15, 0.2) is 5.78 Å². The SMILES string of the molecule is CC(=O)COc1ccc(CC2(C(=O)OCc3ccccc3)SC(=O)NC2=O)cc1. The lowest BCUT2D eigenvalue weighted by Crippen LogP contribution is -2.46. The number of rotatable bonds is 8. The molecule has 1 atom stereocenters. The monoisotopic (exact) mass is 413 g/mol. The number of carbonyl (C=O) groups excluding carboxylic acids is 4. The molecule has 150 valence electrons. The van der Waals surface area contributed by atoms with Crippen LogP contribution in [-0.4, -0.2) is 34.3 Å². The van der Waals surface area contributed by atoms with E-state index in [1.807, 2.05) is 18.2 Å². The first kappa shape index (κ1) is 20.6. The first-order valence-corrected chi connectivity index (χ1v) is 9.67. The molecule has 3 rings (SSSR count). The summed E-state index contributed by atoms with van der Waals surface area (Å²) in [5, 5.41) is 1.58. The van der Waals surface area contributed by atoms with Gasteiger partial charge in [0.25, 0.3) is 11.1 Å². The lowest BCUT2D eigenvalue weighted by Gasteiger charge is -2.22. The number of nitrogens with one attached hydrogen (secondary N) is 1. The zero-order chi connectivity index (χ0) is 20.9. The highest BCUT2D eigenvalue weighted by molar-refractivity contribution is 8.16. The van der Waals surface area contributed by atoms with Gasteiger partial charge in [0.1, 0.15) is 19.0 Å². The van der Waals surface area contributed by atoms with Gasteiger partial charge in [-0.25, -0.2) is 4.79 Å². The molecule has 7 nitrogen and oxygen atoms in total. The van der Waals surface area contributed by atoms with Crippen LogP contribution in [0.2, 0.25) is 0 Å². The summed E-state index contributed by atoms with van der Waals surface area (Å²) in [7, 11) is 0. The van der Waals surface area contributed by atoms with E-state index in [0.29, 0.717) is 23.1 Å². The summed E-state index contributed by atoms with van der Waals surface area (Å²) in [6.07, 6.45) is -0.0180. The Balaban J connectivity index is 1.75. The smallest absolute Gasteiger partial charge is 0.333 e. The highest BCUT2D eigenvalue weighted by Crippen LogP contribution is 2.37. The fourth-order valence-electron chi connectivity index (χ4n) is 2.76. The summed E-state index contributed by atoms with van der Waals surface area (Å²) < 4.78 is 8.98. The van der Waals surface area contributed by atoms with Gasteiger partial charge in [0.05, 0.1) is 0 Å². The number of hydrogen-bond acceptors (Lipinski definition) is 7. The molecule has 2 aromatic rings. The van der Waals surface area contributed by atoms with Gasteiger partial charge in [-0.1, -0.05) is 42.5 Å². The van der Waals surface area contributed by atoms with Gasteiger partial charge in [0.2, 0.25) is 4.75 Å². The van der Waals surface area contributed by atoms with Crippen molar-refractivity contribution in [1.82, 2.24) is 5.32 Å². The van der Waals surface area contributed by atoms with Crippen LogP contribution in [-0.2, 0) is 32.1 Å². The van der Waals surface area contributed by atoms with E-state index in [1.165, 1.54) is 6.92 Å². The maximum absolute atomic E-state index is 12.8. The summed E-state index contributed by atoms with van der Waals surface area (Å²) in [5.74, 6) is -1.08. The molecule has 29 heavy (non-hydrogen) atoms. The molecule has 1 fully saturated rings. The number of amides is 2.